The molecule has 165 valence electrons. The third kappa shape index (κ3) is 4.49. The van der Waals surface area contributed by atoms with Crippen LogP contribution < -0.4 is 0 Å². The van der Waals surface area contributed by atoms with Crippen LogP contribution in [0.5, 0.6) is 0 Å². The van der Waals surface area contributed by atoms with Crippen LogP contribution in [0.1, 0.15) is 89.5 Å². The molecule has 0 N–H and O–H groups in total. The maximum Gasteiger partial charge on any atom is 0 e. The van der Waals surface area contributed by atoms with Gasteiger partial charge in [0.25, 0.3) is 0 Å². The first kappa shape index (κ1) is 26.4. The van der Waals surface area contributed by atoms with E-state index < -0.39 is 0 Å². The third-order valence-electron chi connectivity index (χ3n) is 7.25. The van der Waals surface area contributed by atoms with Gasteiger partial charge in [-0.25, -0.2) is 12.0 Å². The molecule has 31 heavy (non-hydrogen) atoms. The molecule has 2 aromatic rings. The van der Waals surface area contributed by atoms with Crippen molar-refractivity contribution in [3.63, 3.8) is 0 Å². The average molecular weight is 490 g/mol. The van der Waals surface area contributed by atoms with Crippen molar-refractivity contribution in [1.29, 1.82) is 0 Å². The number of fused-ring (bicyclic) bond motifs is 3. The van der Waals surface area contributed by atoms with Crippen molar-refractivity contribution < 1.29 is 32.7 Å². The summed E-state index contributed by atoms with van der Waals surface area (Å²) in [6.45, 7) is 12.0. The zero-order valence-corrected chi connectivity index (χ0v) is 23.4. The summed E-state index contributed by atoms with van der Waals surface area (Å²) in [7, 11) is 0. The second-order valence-corrected chi connectivity index (χ2v) is 8.26. The molecule has 0 aromatic heterocycles. The molecule has 0 heterocycles. The molecular weight excluding hydrogens is 449 g/mol. The molecule has 4 aliphatic rings. The molecular formula is C30H40Y-2. The van der Waals surface area contributed by atoms with Gasteiger partial charge >= 0.3 is 0 Å². The molecule has 2 bridgehead atoms. The van der Waals surface area contributed by atoms with E-state index in [1.54, 1.807) is 27.8 Å². The van der Waals surface area contributed by atoms with E-state index in [0.29, 0.717) is 0 Å². The Morgan fingerprint density at radius 2 is 1.61 bits per heavy atom. The predicted octanol–water partition coefficient (Wildman–Crippen LogP) is 8.39. The SMILES string of the molecule is CC.CC.CC.[Y].[c-]1cccc2c1C13[CH-]C4=C(CC1C(CCC3)C2)c1ccccc1C4. The van der Waals surface area contributed by atoms with E-state index in [9.17, 15) is 0 Å². The first-order chi connectivity index (χ1) is 14.9. The molecule has 0 spiro atoms. The number of hydrogen-bond donors (Lipinski definition) is 0. The Labute approximate surface area is 217 Å². The van der Waals surface area contributed by atoms with Gasteiger partial charge in [0.15, 0.2) is 0 Å². The molecule has 0 aliphatic heterocycles. The number of hydrogen-bond acceptors (Lipinski definition) is 0. The minimum Gasteiger partial charge on any atom is -0.218 e. The van der Waals surface area contributed by atoms with Crippen LogP contribution in [-0.2, 0) is 51.0 Å². The van der Waals surface area contributed by atoms with Crippen LogP contribution in [0.2, 0.25) is 0 Å². The summed E-state index contributed by atoms with van der Waals surface area (Å²) in [5, 5.41) is 0. The molecule has 3 unspecified atom stereocenters. The van der Waals surface area contributed by atoms with Crippen LogP contribution in [-0.4, -0.2) is 0 Å². The molecule has 0 amide bonds. The summed E-state index contributed by atoms with van der Waals surface area (Å²) in [6, 6.07) is 19.5. The van der Waals surface area contributed by atoms with Crippen molar-refractivity contribution in [2.75, 3.05) is 0 Å². The summed E-state index contributed by atoms with van der Waals surface area (Å²) >= 11 is 0. The maximum atomic E-state index is 3.68. The van der Waals surface area contributed by atoms with E-state index in [4.69, 9.17) is 0 Å². The Bertz CT molecular complexity index is 877. The number of benzene rings is 2. The van der Waals surface area contributed by atoms with E-state index in [1.807, 2.05) is 41.5 Å². The zero-order chi connectivity index (χ0) is 21.7. The molecule has 1 fully saturated rings. The Balaban J connectivity index is 0.000000453. The monoisotopic (exact) mass is 489 g/mol. The molecule has 4 aliphatic carbocycles. The van der Waals surface area contributed by atoms with Gasteiger partial charge < -0.3 is 0 Å². The van der Waals surface area contributed by atoms with Crippen LogP contribution in [0.3, 0.4) is 0 Å². The normalized spacial score (nSPS) is 25.6. The van der Waals surface area contributed by atoms with Crippen molar-refractivity contribution in [2.24, 2.45) is 11.8 Å². The van der Waals surface area contributed by atoms with Gasteiger partial charge in [-0.1, -0.05) is 115 Å². The van der Waals surface area contributed by atoms with E-state index in [2.05, 4.69) is 55.0 Å². The topological polar surface area (TPSA) is 0 Å². The van der Waals surface area contributed by atoms with Gasteiger partial charge in [-0.05, 0) is 12.3 Å². The number of rotatable bonds is 0. The fourth-order valence-electron chi connectivity index (χ4n) is 6.34. The van der Waals surface area contributed by atoms with Gasteiger partial charge in [-0.3, -0.25) is 0 Å². The van der Waals surface area contributed by atoms with Crippen molar-refractivity contribution in [1.82, 2.24) is 0 Å². The van der Waals surface area contributed by atoms with E-state index in [0.717, 1.165) is 18.3 Å². The van der Waals surface area contributed by atoms with E-state index in [-0.39, 0.29) is 38.1 Å². The molecule has 1 radical (unpaired) electrons. The van der Waals surface area contributed by atoms with Gasteiger partial charge in [0.05, 0.1) is 0 Å². The third-order valence-corrected chi connectivity index (χ3v) is 7.25. The first-order valence-corrected chi connectivity index (χ1v) is 12.5. The number of allylic oxidation sites excluding steroid dienone is 2. The van der Waals surface area contributed by atoms with Gasteiger partial charge in [0.1, 0.15) is 0 Å². The van der Waals surface area contributed by atoms with Crippen molar-refractivity contribution in [3.8, 4) is 0 Å². The summed E-state index contributed by atoms with van der Waals surface area (Å²) in [5.74, 6) is 1.66. The maximum absolute atomic E-state index is 3.68. The van der Waals surface area contributed by atoms with Gasteiger partial charge in [0, 0.05) is 32.7 Å². The van der Waals surface area contributed by atoms with Crippen molar-refractivity contribution in [3.05, 3.63) is 82.8 Å². The molecule has 1 heteroatoms. The molecule has 0 nitrogen and oxygen atoms in total. The molecule has 0 saturated heterocycles. The largest absolute Gasteiger partial charge is 0.218 e. The van der Waals surface area contributed by atoms with Gasteiger partial charge in [0.2, 0.25) is 0 Å². The van der Waals surface area contributed by atoms with Crippen molar-refractivity contribution >= 4 is 5.57 Å². The second kappa shape index (κ2) is 11.9. The van der Waals surface area contributed by atoms with Crippen LogP contribution >= 0.6 is 0 Å². The smallest absolute Gasteiger partial charge is 0 e. The van der Waals surface area contributed by atoms with Crippen LogP contribution in [0.25, 0.3) is 5.57 Å². The fraction of sp³-hybridized carbons (Fsp3) is 0.500. The van der Waals surface area contributed by atoms with Gasteiger partial charge in [-0.15, -0.1) is 5.56 Å². The summed E-state index contributed by atoms with van der Waals surface area (Å²) in [5.41, 5.74) is 9.76. The minimum atomic E-state index is 0. The Morgan fingerprint density at radius 1 is 0.903 bits per heavy atom. The molecule has 1 saturated carbocycles. The van der Waals surface area contributed by atoms with E-state index >= 15 is 0 Å². The molecule has 6 rings (SSSR count). The second-order valence-electron chi connectivity index (χ2n) is 8.26. The summed E-state index contributed by atoms with van der Waals surface area (Å²) in [4.78, 5) is 0. The van der Waals surface area contributed by atoms with Crippen LogP contribution in [0.4, 0.5) is 0 Å². The molecule has 3 atom stereocenters. The Hall–Kier alpha value is -0.846. The summed E-state index contributed by atoms with van der Waals surface area (Å²) < 4.78 is 0. The quantitative estimate of drug-likeness (QED) is 0.326. The standard InChI is InChI=1S/C24H22.3C2H6.Y/c1-3-9-20-16(6-1)12-19-15-24-11-5-8-18(23(24)14-21(19)20)13-17-7-2-4-10-22(17)24;3*1-2;/h1-4,6-7,9,15,18,23H,5,8,11-14H2;3*1-2H3;/q-2;;;;. The van der Waals surface area contributed by atoms with E-state index in [1.165, 1.54) is 37.7 Å². The molecule has 2 aromatic carbocycles. The summed E-state index contributed by atoms with van der Waals surface area (Å²) in [6.07, 6.45) is 10.5. The predicted molar refractivity (Wildman–Crippen MR) is 132 cm³/mol. The first-order valence-electron chi connectivity index (χ1n) is 12.5. The van der Waals surface area contributed by atoms with Gasteiger partial charge in [-0.2, -0.15) is 41.0 Å². The minimum absolute atomic E-state index is 0. The zero-order valence-electron chi connectivity index (χ0n) is 20.6. The van der Waals surface area contributed by atoms with Crippen molar-refractivity contribution in [2.45, 2.75) is 85.5 Å². The Kier molecular flexibility index (Phi) is 10.1. The van der Waals surface area contributed by atoms with Crippen LogP contribution in [0.15, 0.2) is 48.0 Å². The average Bonchev–Trinajstić information content (AvgIpc) is 3.18. The van der Waals surface area contributed by atoms with Crippen LogP contribution in [0, 0.1) is 24.3 Å². The Morgan fingerprint density at radius 3 is 2.39 bits per heavy atom. The fourth-order valence-corrected chi connectivity index (χ4v) is 6.34.